The Labute approximate surface area is 95.5 Å². The molecule has 0 unspecified atom stereocenters. The Kier molecular flexibility index (Phi) is 22.4. The number of hydrogen-bond acceptors (Lipinski definition) is 3. The molecular weight excluding hydrogens is 190 g/mol. The van der Waals surface area contributed by atoms with Crippen molar-refractivity contribution in [1.82, 2.24) is 5.32 Å². The highest BCUT2D eigenvalue weighted by molar-refractivity contribution is 4.40. The molecule has 1 N–H and O–H groups in total. The van der Waals surface area contributed by atoms with E-state index in [0.29, 0.717) is 0 Å². The van der Waals surface area contributed by atoms with Crippen molar-refractivity contribution in [3.63, 3.8) is 0 Å². The van der Waals surface area contributed by atoms with Crippen LogP contribution in [0, 0.1) is 0 Å². The summed E-state index contributed by atoms with van der Waals surface area (Å²) in [7, 11) is 1.96. The Morgan fingerprint density at radius 2 is 1.40 bits per heavy atom. The van der Waals surface area contributed by atoms with Gasteiger partial charge < -0.3 is 14.8 Å². The van der Waals surface area contributed by atoms with Gasteiger partial charge in [-0.1, -0.05) is 20.8 Å². The maximum atomic E-state index is 5.40. The highest BCUT2D eigenvalue weighted by atomic mass is 16.5. The van der Waals surface area contributed by atoms with Gasteiger partial charge in [0.1, 0.15) is 0 Å². The average Bonchev–Trinajstić information content (AvgIpc) is 2.30. The predicted molar refractivity (Wildman–Crippen MR) is 66.4 cm³/mol. The quantitative estimate of drug-likeness (QED) is 0.573. The van der Waals surface area contributed by atoms with Gasteiger partial charge in [0.15, 0.2) is 0 Å². The van der Waals surface area contributed by atoms with Crippen molar-refractivity contribution in [3.8, 4) is 0 Å². The van der Waals surface area contributed by atoms with E-state index in [0.717, 1.165) is 52.2 Å². The summed E-state index contributed by atoms with van der Waals surface area (Å²) in [6.07, 6.45) is 3.20. The molecule has 0 atom stereocenters. The van der Waals surface area contributed by atoms with Crippen LogP contribution < -0.4 is 5.32 Å². The number of ether oxygens (including phenoxy) is 2. The molecule has 0 aliphatic heterocycles. The monoisotopic (exact) mass is 219 g/mol. The van der Waals surface area contributed by atoms with E-state index in [2.05, 4.69) is 12.2 Å². The molecule has 0 saturated heterocycles. The molecule has 0 amide bonds. The van der Waals surface area contributed by atoms with E-state index in [1.807, 2.05) is 20.9 Å². The van der Waals surface area contributed by atoms with Crippen molar-refractivity contribution in [2.45, 2.75) is 40.0 Å². The van der Waals surface area contributed by atoms with Gasteiger partial charge in [-0.25, -0.2) is 0 Å². The van der Waals surface area contributed by atoms with Gasteiger partial charge in [0, 0.05) is 26.4 Å². The first-order valence-corrected chi connectivity index (χ1v) is 6.22. The third-order valence-corrected chi connectivity index (χ3v) is 1.64. The molecule has 0 saturated carbocycles. The lowest BCUT2D eigenvalue weighted by atomic mass is 10.4. The van der Waals surface area contributed by atoms with Crippen LogP contribution in [-0.4, -0.2) is 40.0 Å². The molecule has 94 valence electrons. The molecule has 0 aromatic heterocycles. The summed E-state index contributed by atoms with van der Waals surface area (Å²) >= 11 is 0. The first-order chi connectivity index (χ1) is 7.41. The van der Waals surface area contributed by atoms with Crippen LogP contribution >= 0.6 is 0 Å². The van der Waals surface area contributed by atoms with Crippen LogP contribution in [0.1, 0.15) is 40.0 Å². The molecule has 0 aliphatic carbocycles. The van der Waals surface area contributed by atoms with Crippen LogP contribution in [0.4, 0.5) is 0 Å². The van der Waals surface area contributed by atoms with Gasteiger partial charge in [0.25, 0.3) is 0 Å². The zero-order valence-electron chi connectivity index (χ0n) is 11.0. The lowest BCUT2D eigenvalue weighted by molar-refractivity contribution is 0.0822. The molecule has 0 spiro atoms. The number of rotatable bonds is 10. The molecule has 0 fully saturated rings. The van der Waals surface area contributed by atoms with E-state index in [1.165, 1.54) is 0 Å². The van der Waals surface area contributed by atoms with E-state index in [-0.39, 0.29) is 0 Å². The summed E-state index contributed by atoms with van der Waals surface area (Å²) in [6, 6.07) is 0. The SMILES string of the molecule is CC.CCCOCCCOCCCNC. The van der Waals surface area contributed by atoms with Crippen LogP contribution in [0.25, 0.3) is 0 Å². The first-order valence-electron chi connectivity index (χ1n) is 6.22. The Bertz CT molecular complexity index is 79.7. The van der Waals surface area contributed by atoms with Crippen LogP contribution in [-0.2, 0) is 9.47 Å². The van der Waals surface area contributed by atoms with Gasteiger partial charge in [-0.2, -0.15) is 0 Å². The maximum absolute atomic E-state index is 5.40. The zero-order valence-corrected chi connectivity index (χ0v) is 11.0. The fourth-order valence-corrected chi connectivity index (χ4v) is 0.963. The Morgan fingerprint density at radius 1 is 0.867 bits per heavy atom. The fourth-order valence-electron chi connectivity index (χ4n) is 0.963. The van der Waals surface area contributed by atoms with Gasteiger partial charge in [0.2, 0.25) is 0 Å². The number of nitrogens with one attached hydrogen (secondary N) is 1. The molecule has 0 radical (unpaired) electrons. The van der Waals surface area contributed by atoms with Crippen LogP contribution in [0.3, 0.4) is 0 Å². The lowest BCUT2D eigenvalue weighted by Crippen LogP contribution is -2.11. The van der Waals surface area contributed by atoms with E-state index in [9.17, 15) is 0 Å². The van der Waals surface area contributed by atoms with E-state index >= 15 is 0 Å². The van der Waals surface area contributed by atoms with Gasteiger partial charge >= 0.3 is 0 Å². The summed E-state index contributed by atoms with van der Waals surface area (Å²) in [4.78, 5) is 0. The fraction of sp³-hybridized carbons (Fsp3) is 1.00. The van der Waals surface area contributed by atoms with Crippen molar-refractivity contribution >= 4 is 0 Å². The van der Waals surface area contributed by atoms with E-state index < -0.39 is 0 Å². The van der Waals surface area contributed by atoms with E-state index in [1.54, 1.807) is 0 Å². The van der Waals surface area contributed by atoms with Gasteiger partial charge in [-0.3, -0.25) is 0 Å². The molecule has 0 aliphatic rings. The Hall–Kier alpha value is -0.120. The zero-order chi connectivity index (χ0) is 11.8. The minimum Gasteiger partial charge on any atom is -0.381 e. The smallest absolute Gasteiger partial charge is 0.0487 e. The number of hydrogen-bond donors (Lipinski definition) is 1. The lowest BCUT2D eigenvalue weighted by Gasteiger charge is -2.04. The van der Waals surface area contributed by atoms with Crippen molar-refractivity contribution in [2.24, 2.45) is 0 Å². The van der Waals surface area contributed by atoms with Gasteiger partial charge in [0.05, 0.1) is 0 Å². The highest BCUT2D eigenvalue weighted by Gasteiger charge is 1.89. The van der Waals surface area contributed by atoms with Crippen LogP contribution in [0.2, 0.25) is 0 Å². The topological polar surface area (TPSA) is 30.5 Å². The standard InChI is InChI=1S/C10H23NO2.C2H6/c1-3-7-12-9-5-10-13-8-4-6-11-2;1-2/h11H,3-10H2,1-2H3;1-2H3. The van der Waals surface area contributed by atoms with Gasteiger partial charge in [-0.05, 0) is 32.9 Å². The van der Waals surface area contributed by atoms with E-state index in [4.69, 9.17) is 9.47 Å². The first kappa shape index (κ1) is 17.3. The van der Waals surface area contributed by atoms with Crippen LogP contribution in [0.15, 0.2) is 0 Å². The molecule has 0 bridgehead atoms. The van der Waals surface area contributed by atoms with Crippen LogP contribution in [0.5, 0.6) is 0 Å². The van der Waals surface area contributed by atoms with Crippen molar-refractivity contribution in [2.75, 3.05) is 40.0 Å². The summed E-state index contributed by atoms with van der Waals surface area (Å²) in [5.41, 5.74) is 0. The average molecular weight is 219 g/mol. The summed E-state index contributed by atoms with van der Waals surface area (Å²) in [5.74, 6) is 0. The van der Waals surface area contributed by atoms with Crippen molar-refractivity contribution < 1.29 is 9.47 Å². The molecule has 0 rings (SSSR count). The summed E-state index contributed by atoms with van der Waals surface area (Å²) < 4.78 is 10.7. The molecule has 0 aromatic rings. The largest absolute Gasteiger partial charge is 0.381 e. The second kappa shape index (κ2) is 19.5. The van der Waals surface area contributed by atoms with Crippen molar-refractivity contribution in [3.05, 3.63) is 0 Å². The second-order valence-corrected chi connectivity index (χ2v) is 3.04. The maximum Gasteiger partial charge on any atom is 0.0487 e. The third kappa shape index (κ3) is 20.1. The Morgan fingerprint density at radius 3 is 1.93 bits per heavy atom. The second-order valence-electron chi connectivity index (χ2n) is 3.04. The predicted octanol–water partition coefficient (Wildman–Crippen LogP) is 2.46. The minimum absolute atomic E-state index is 0.827. The van der Waals surface area contributed by atoms with Crippen molar-refractivity contribution in [1.29, 1.82) is 0 Å². The molecule has 0 heterocycles. The molecule has 3 heteroatoms. The molecule has 15 heavy (non-hydrogen) atoms. The Balaban J connectivity index is 0. The summed E-state index contributed by atoms with van der Waals surface area (Å²) in [5, 5.41) is 3.08. The van der Waals surface area contributed by atoms with Gasteiger partial charge in [-0.15, -0.1) is 0 Å². The molecule has 3 nitrogen and oxygen atoms in total. The minimum atomic E-state index is 0.827. The molecular formula is C12H29NO2. The normalized spacial score (nSPS) is 9.60. The summed E-state index contributed by atoms with van der Waals surface area (Å²) in [6.45, 7) is 10.5. The highest BCUT2D eigenvalue weighted by Crippen LogP contribution is 1.88. The molecule has 0 aromatic carbocycles. The third-order valence-electron chi connectivity index (χ3n) is 1.64.